The fourth-order valence-corrected chi connectivity index (χ4v) is 2.55. The molecule has 0 aromatic rings. The molecular formula is C12H23NO7. The van der Waals surface area contributed by atoms with E-state index in [9.17, 15) is 25.5 Å². The minimum absolute atomic E-state index is 0.165. The number of nitrogens with one attached hydrogen (secondary N) is 1. The molecular weight excluding hydrogens is 270 g/mol. The van der Waals surface area contributed by atoms with Gasteiger partial charge < -0.3 is 40.3 Å². The van der Waals surface area contributed by atoms with Gasteiger partial charge in [0.2, 0.25) is 0 Å². The highest BCUT2D eigenvalue weighted by atomic mass is 16.7. The van der Waals surface area contributed by atoms with Crippen LogP contribution >= 0.6 is 0 Å². The van der Waals surface area contributed by atoms with Crippen molar-refractivity contribution >= 4 is 0 Å². The van der Waals surface area contributed by atoms with E-state index < -0.39 is 36.8 Å². The van der Waals surface area contributed by atoms with Crippen molar-refractivity contribution in [2.45, 2.75) is 49.1 Å². The molecule has 6 atom stereocenters. The second-order valence-corrected chi connectivity index (χ2v) is 5.47. The first-order valence-corrected chi connectivity index (χ1v) is 6.82. The number of aliphatic hydroxyl groups is 5. The van der Waals surface area contributed by atoms with Crippen molar-refractivity contribution in [2.24, 2.45) is 0 Å². The minimum Gasteiger partial charge on any atom is -0.393 e. The van der Waals surface area contributed by atoms with Gasteiger partial charge in [0.1, 0.15) is 23.9 Å². The van der Waals surface area contributed by atoms with E-state index in [1.807, 2.05) is 0 Å². The number of rotatable bonds is 5. The third-order valence-electron chi connectivity index (χ3n) is 3.93. The summed E-state index contributed by atoms with van der Waals surface area (Å²) in [5, 5.41) is 51.4. The van der Waals surface area contributed by atoms with Crippen LogP contribution in [-0.2, 0) is 9.47 Å². The van der Waals surface area contributed by atoms with Crippen LogP contribution in [0, 0.1) is 0 Å². The lowest BCUT2D eigenvalue weighted by Gasteiger charge is -2.38. The van der Waals surface area contributed by atoms with E-state index in [1.165, 1.54) is 0 Å². The Bertz CT molecular complexity index is 312. The number of ether oxygens (including phenoxy) is 2. The van der Waals surface area contributed by atoms with Gasteiger partial charge in [-0.2, -0.15) is 0 Å². The zero-order chi connectivity index (χ0) is 14.8. The average Bonchev–Trinajstić information content (AvgIpc) is 2.98. The molecule has 0 radical (unpaired) electrons. The van der Waals surface area contributed by atoms with Crippen LogP contribution in [0.4, 0.5) is 0 Å². The molecule has 6 N–H and O–H groups in total. The third kappa shape index (κ3) is 3.29. The molecule has 0 aromatic heterocycles. The topological polar surface area (TPSA) is 132 Å². The maximum atomic E-state index is 10.4. The lowest BCUT2D eigenvalue weighted by molar-refractivity contribution is -0.282. The first-order valence-electron chi connectivity index (χ1n) is 6.82. The fraction of sp³-hybridized carbons (Fsp3) is 1.00. The SMILES string of the molecule is OCC(O)(COC1OCC(O)C(O)C1O)C1CCCN1. The Hall–Kier alpha value is -0.320. The molecule has 8 heteroatoms. The molecule has 2 heterocycles. The van der Waals surface area contributed by atoms with Crippen molar-refractivity contribution in [3.63, 3.8) is 0 Å². The summed E-state index contributed by atoms with van der Waals surface area (Å²) >= 11 is 0. The largest absolute Gasteiger partial charge is 0.393 e. The van der Waals surface area contributed by atoms with Crippen molar-refractivity contribution in [1.29, 1.82) is 0 Å². The van der Waals surface area contributed by atoms with Crippen LogP contribution in [0.2, 0.25) is 0 Å². The van der Waals surface area contributed by atoms with Crippen molar-refractivity contribution in [3.05, 3.63) is 0 Å². The van der Waals surface area contributed by atoms with Gasteiger partial charge in [0.25, 0.3) is 0 Å². The summed E-state index contributed by atoms with van der Waals surface area (Å²) in [5.74, 6) is 0. The van der Waals surface area contributed by atoms with Crippen molar-refractivity contribution in [2.75, 3.05) is 26.4 Å². The van der Waals surface area contributed by atoms with Crippen LogP contribution in [0.15, 0.2) is 0 Å². The van der Waals surface area contributed by atoms with Crippen LogP contribution in [0.3, 0.4) is 0 Å². The molecule has 6 unspecified atom stereocenters. The van der Waals surface area contributed by atoms with E-state index in [0.29, 0.717) is 0 Å². The molecule has 0 saturated carbocycles. The highest BCUT2D eigenvalue weighted by Gasteiger charge is 2.42. The average molecular weight is 293 g/mol. The predicted molar refractivity (Wildman–Crippen MR) is 66.8 cm³/mol. The monoisotopic (exact) mass is 293 g/mol. The molecule has 0 bridgehead atoms. The summed E-state index contributed by atoms with van der Waals surface area (Å²) in [7, 11) is 0. The molecule has 2 rings (SSSR count). The standard InChI is InChI=1S/C12H23NO7/c14-5-12(18,8-2-1-3-13-8)6-20-11-10(17)9(16)7(15)4-19-11/h7-11,13-18H,1-6H2. The van der Waals surface area contributed by atoms with Gasteiger partial charge in [-0.25, -0.2) is 0 Å². The molecule has 0 aromatic carbocycles. The molecule has 0 aliphatic carbocycles. The first-order chi connectivity index (χ1) is 9.48. The Balaban J connectivity index is 1.89. The molecule has 2 aliphatic rings. The maximum Gasteiger partial charge on any atom is 0.186 e. The van der Waals surface area contributed by atoms with Gasteiger partial charge in [-0.05, 0) is 19.4 Å². The van der Waals surface area contributed by atoms with Crippen molar-refractivity contribution in [3.8, 4) is 0 Å². The lowest BCUT2D eigenvalue weighted by atomic mass is 9.94. The molecule has 8 nitrogen and oxygen atoms in total. The molecule has 0 amide bonds. The van der Waals surface area contributed by atoms with Crippen LogP contribution in [0.1, 0.15) is 12.8 Å². The highest BCUT2D eigenvalue weighted by molar-refractivity contribution is 4.95. The smallest absolute Gasteiger partial charge is 0.186 e. The van der Waals surface area contributed by atoms with Crippen LogP contribution < -0.4 is 5.32 Å². The summed E-state index contributed by atoms with van der Waals surface area (Å²) in [6.07, 6.45) is -3.46. The van der Waals surface area contributed by atoms with Crippen molar-refractivity contribution in [1.82, 2.24) is 5.32 Å². The van der Waals surface area contributed by atoms with E-state index >= 15 is 0 Å². The lowest BCUT2D eigenvalue weighted by Crippen LogP contribution is -2.58. The summed E-state index contributed by atoms with van der Waals surface area (Å²) < 4.78 is 10.4. The van der Waals surface area contributed by atoms with Gasteiger partial charge >= 0.3 is 0 Å². The number of hydrogen-bond acceptors (Lipinski definition) is 8. The Labute approximate surface area is 116 Å². The van der Waals surface area contributed by atoms with E-state index in [2.05, 4.69) is 5.32 Å². The van der Waals surface area contributed by atoms with Gasteiger partial charge in [-0.3, -0.25) is 0 Å². The van der Waals surface area contributed by atoms with E-state index in [0.717, 1.165) is 19.4 Å². The Morgan fingerprint density at radius 3 is 2.60 bits per heavy atom. The highest BCUT2D eigenvalue weighted by Crippen LogP contribution is 2.23. The maximum absolute atomic E-state index is 10.4. The molecule has 0 spiro atoms. The van der Waals surface area contributed by atoms with E-state index in [1.54, 1.807) is 0 Å². The second-order valence-electron chi connectivity index (χ2n) is 5.47. The minimum atomic E-state index is -1.47. The van der Waals surface area contributed by atoms with Gasteiger partial charge in [-0.15, -0.1) is 0 Å². The summed E-state index contributed by atoms with van der Waals surface area (Å²) in [4.78, 5) is 0. The summed E-state index contributed by atoms with van der Waals surface area (Å²) in [5.41, 5.74) is -1.47. The Morgan fingerprint density at radius 1 is 1.25 bits per heavy atom. The van der Waals surface area contributed by atoms with E-state index in [-0.39, 0.29) is 19.3 Å². The quantitative estimate of drug-likeness (QED) is 0.314. The van der Waals surface area contributed by atoms with Crippen LogP contribution in [0.5, 0.6) is 0 Å². The Kier molecular flexibility index (Phi) is 5.32. The summed E-state index contributed by atoms with van der Waals surface area (Å²) in [6, 6.07) is -0.288. The second kappa shape index (κ2) is 6.63. The number of hydrogen-bond donors (Lipinski definition) is 6. The zero-order valence-electron chi connectivity index (χ0n) is 11.2. The van der Waals surface area contributed by atoms with Gasteiger partial charge in [0.05, 0.1) is 19.8 Å². The van der Waals surface area contributed by atoms with Crippen LogP contribution in [-0.4, -0.2) is 88.1 Å². The van der Waals surface area contributed by atoms with Gasteiger partial charge in [0, 0.05) is 6.04 Å². The molecule has 2 aliphatic heterocycles. The fourth-order valence-electron chi connectivity index (χ4n) is 2.55. The molecule has 20 heavy (non-hydrogen) atoms. The third-order valence-corrected chi connectivity index (χ3v) is 3.93. The van der Waals surface area contributed by atoms with Crippen molar-refractivity contribution < 1.29 is 35.0 Å². The first kappa shape index (κ1) is 16.1. The normalized spacial score (nSPS) is 41.5. The molecule has 2 saturated heterocycles. The number of aliphatic hydroxyl groups excluding tert-OH is 4. The summed E-state index contributed by atoms with van der Waals surface area (Å²) in [6.45, 7) is -0.132. The van der Waals surface area contributed by atoms with Gasteiger partial charge in [-0.1, -0.05) is 0 Å². The predicted octanol–water partition coefficient (Wildman–Crippen LogP) is -3.08. The zero-order valence-corrected chi connectivity index (χ0v) is 11.2. The van der Waals surface area contributed by atoms with Gasteiger partial charge in [0.15, 0.2) is 6.29 Å². The van der Waals surface area contributed by atoms with Crippen LogP contribution in [0.25, 0.3) is 0 Å². The molecule has 2 fully saturated rings. The van der Waals surface area contributed by atoms with E-state index in [4.69, 9.17) is 9.47 Å². The Morgan fingerprint density at radius 2 is 2.00 bits per heavy atom. The molecule has 118 valence electrons.